The third-order valence-corrected chi connectivity index (χ3v) is 4.35. The van der Waals surface area contributed by atoms with E-state index in [1.807, 2.05) is 0 Å². The van der Waals surface area contributed by atoms with Gasteiger partial charge in [-0.2, -0.15) is 0 Å². The molecule has 1 atom stereocenters. The molecule has 1 aliphatic heterocycles. The van der Waals surface area contributed by atoms with E-state index < -0.39 is 0 Å². The van der Waals surface area contributed by atoms with Crippen LogP contribution in [0.3, 0.4) is 0 Å². The molecule has 0 radical (unpaired) electrons. The molecule has 3 nitrogen and oxygen atoms in total. The number of benzene rings is 1. The number of carbonyl (C=O) groups excluding carboxylic acids is 1. The van der Waals surface area contributed by atoms with Crippen LogP contribution >= 0.6 is 0 Å². The highest BCUT2D eigenvalue weighted by molar-refractivity contribution is 6.03. The summed E-state index contributed by atoms with van der Waals surface area (Å²) in [5.74, 6) is 0.102. The molecular weight excluding hydrogens is 224 g/mol. The van der Waals surface area contributed by atoms with Crippen LogP contribution in [0.2, 0.25) is 0 Å². The molecular formula is C15H20N2O. The van der Waals surface area contributed by atoms with Crippen LogP contribution in [0.15, 0.2) is 12.1 Å². The van der Waals surface area contributed by atoms with Crippen molar-refractivity contribution in [1.82, 2.24) is 5.32 Å². The van der Waals surface area contributed by atoms with Gasteiger partial charge in [-0.15, -0.1) is 0 Å². The van der Waals surface area contributed by atoms with Gasteiger partial charge in [-0.05, 0) is 37.8 Å². The Hall–Kier alpha value is -1.35. The molecule has 3 rings (SSSR count). The summed E-state index contributed by atoms with van der Waals surface area (Å²) >= 11 is 0. The fraction of sp³-hybridized carbons (Fsp3) is 0.533. The standard InChI is InChI=1S/C15H20N2O/c1-9-7-8-12-13(10(9)2)17-15(18)14(12)16-11-5-3-4-6-11/h7-8,11,14,16H,3-6H2,1-2H3,(H,17,18). The Labute approximate surface area is 108 Å². The van der Waals surface area contributed by atoms with E-state index in [9.17, 15) is 4.79 Å². The average Bonchev–Trinajstić information content (AvgIpc) is 2.95. The predicted octanol–water partition coefficient (Wildman–Crippen LogP) is 2.83. The fourth-order valence-electron chi connectivity index (χ4n) is 3.07. The van der Waals surface area contributed by atoms with Crippen molar-refractivity contribution in [2.24, 2.45) is 0 Å². The Morgan fingerprint density at radius 1 is 1.22 bits per heavy atom. The van der Waals surface area contributed by atoms with Crippen LogP contribution in [-0.2, 0) is 4.79 Å². The quantitative estimate of drug-likeness (QED) is 0.840. The first-order valence-electron chi connectivity index (χ1n) is 6.84. The normalized spacial score (nSPS) is 23.2. The van der Waals surface area contributed by atoms with Crippen molar-refractivity contribution in [2.45, 2.75) is 51.6 Å². The second-order valence-corrected chi connectivity index (χ2v) is 5.54. The van der Waals surface area contributed by atoms with Crippen molar-refractivity contribution < 1.29 is 4.79 Å². The molecule has 3 heteroatoms. The second kappa shape index (κ2) is 4.39. The molecule has 1 amide bonds. The van der Waals surface area contributed by atoms with Gasteiger partial charge >= 0.3 is 0 Å². The lowest BCUT2D eigenvalue weighted by atomic mass is 10.0. The number of fused-ring (bicyclic) bond motifs is 1. The monoisotopic (exact) mass is 244 g/mol. The molecule has 2 aliphatic rings. The zero-order valence-electron chi connectivity index (χ0n) is 11.0. The van der Waals surface area contributed by atoms with E-state index in [1.54, 1.807) is 0 Å². The Bertz CT molecular complexity index is 490. The van der Waals surface area contributed by atoms with E-state index in [-0.39, 0.29) is 11.9 Å². The number of amides is 1. The highest BCUT2D eigenvalue weighted by atomic mass is 16.2. The van der Waals surface area contributed by atoms with Gasteiger partial charge < -0.3 is 5.32 Å². The van der Waals surface area contributed by atoms with Crippen molar-refractivity contribution in [2.75, 3.05) is 5.32 Å². The largest absolute Gasteiger partial charge is 0.324 e. The number of hydrogen-bond acceptors (Lipinski definition) is 2. The zero-order chi connectivity index (χ0) is 12.7. The second-order valence-electron chi connectivity index (χ2n) is 5.54. The first-order valence-corrected chi connectivity index (χ1v) is 6.84. The Morgan fingerprint density at radius 3 is 2.67 bits per heavy atom. The lowest BCUT2D eigenvalue weighted by Gasteiger charge is -2.17. The Kier molecular flexibility index (Phi) is 2.86. The maximum Gasteiger partial charge on any atom is 0.246 e. The maximum absolute atomic E-state index is 12.1. The Morgan fingerprint density at radius 2 is 1.94 bits per heavy atom. The maximum atomic E-state index is 12.1. The molecule has 2 N–H and O–H groups in total. The molecule has 96 valence electrons. The van der Waals surface area contributed by atoms with Gasteiger partial charge in [-0.1, -0.05) is 25.0 Å². The Balaban J connectivity index is 1.89. The predicted molar refractivity (Wildman–Crippen MR) is 72.7 cm³/mol. The van der Waals surface area contributed by atoms with E-state index in [0.717, 1.165) is 11.3 Å². The fourth-order valence-corrected chi connectivity index (χ4v) is 3.07. The first kappa shape index (κ1) is 11.7. The van der Waals surface area contributed by atoms with Crippen molar-refractivity contribution in [3.63, 3.8) is 0 Å². The van der Waals surface area contributed by atoms with Crippen LogP contribution in [-0.4, -0.2) is 11.9 Å². The lowest BCUT2D eigenvalue weighted by Crippen LogP contribution is -2.34. The van der Waals surface area contributed by atoms with E-state index in [4.69, 9.17) is 0 Å². The highest BCUT2D eigenvalue weighted by Gasteiger charge is 2.33. The number of hydrogen-bond donors (Lipinski definition) is 2. The van der Waals surface area contributed by atoms with Gasteiger partial charge in [-0.3, -0.25) is 10.1 Å². The molecule has 0 bridgehead atoms. The molecule has 1 saturated carbocycles. The van der Waals surface area contributed by atoms with Crippen molar-refractivity contribution in [3.8, 4) is 0 Å². The summed E-state index contributed by atoms with van der Waals surface area (Å²) in [6.45, 7) is 4.16. The minimum Gasteiger partial charge on any atom is -0.324 e. The van der Waals surface area contributed by atoms with E-state index in [2.05, 4.69) is 36.6 Å². The molecule has 18 heavy (non-hydrogen) atoms. The number of rotatable bonds is 2. The molecule has 1 unspecified atom stereocenters. The minimum absolute atomic E-state index is 0.102. The van der Waals surface area contributed by atoms with Crippen LogP contribution < -0.4 is 10.6 Å². The van der Waals surface area contributed by atoms with Crippen molar-refractivity contribution in [1.29, 1.82) is 0 Å². The topological polar surface area (TPSA) is 41.1 Å². The molecule has 1 aromatic rings. The van der Waals surface area contributed by atoms with Gasteiger partial charge in [0.15, 0.2) is 0 Å². The van der Waals surface area contributed by atoms with E-state index in [0.29, 0.717) is 6.04 Å². The lowest BCUT2D eigenvalue weighted by molar-refractivity contribution is -0.117. The molecule has 1 aliphatic carbocycles. The first-order chi connectivity index (χ1) is 8.66. The molecule has 0 saturated heterocycles. The molecule has 1 fully saturated rings. The van der Waals surface area contributed by atoms with E-state index >= 15 is 0 Å². The molecule has 1 heterocycles. The van der Waals surface area contributed by atoms with Crippen molar-refractivity contribution >= 4 is 11.6 Å². The summed E-state index contributed by atoms with van der Waals surface area (Å²) < 4.78 is 0. The number of carbonyl (C=O) groups is 1. The zero-order valence-corrected chi connectivity index (χ0v) is 11.0. The third-order valence-electron chi connectivity index (χ3n) is 4.35. The summed E-state index contributed by atoms with van der Waals surface area (Å²) in [6, 6.07) is 4.55. The summed E-state index contributed by atoms with van der Waals surface area (Å²) in [7, 11) is 0. The van der Waals surface area contributed by atoms with Gasteiger partial charge in [-0.25, -0.2) is 0 Å². The smallest absolute Gasteiger partial charge is 0.246 e. The average molecular weight is 244 g/mol. The van der Waals surface area contributed by atoms with Crippen LogP contribution in [0, 0.1) is 13.8 Å². The van der Waals surface area contributed by atoms with Crippen LogP contribution in [0.4, 0.5) is 5.69 Å². The van der Waals surface area contributed by atoms with Crippen molar-refractivity contribution in [3.05, 3.63) is 28.8 Å². The van der Waals surface area contributed by atoms with Crippen LogP contribution in [0.1, 0.15) is 48.4 Å². The van der Waals surface area contributed by atoms with Gasteiger partial charge in [0.2, 0.25) is 5.91 Å². The highest BCUT2D eigenvalue weighted by Crippen LogP contribution is 2.36. The van der Waals surface area contributed by atoms with Gasteiger partial charge in [0.25, 0.3) is 0 Å². The number of anilines is 1. The summed E-state index contributed by atoms with van der Waals surface area (Å²) in [4.78, 5) is 12.1. The van der Waals surface area contributed by atoms with E-state index in [1.165, 1.54) is 36.8 Å². The molecule has 0 aromatic heterocycles. The third kappa shape index (κ3) is 1.83. The van der Waals surface area contributed by atoms with Crippen LogP contribution in [0.5, 0.6) is 0 Å². The minimum atomic E-state index is -0.151. The molecule has 0 spiro atoms. The summed E-state index contributed by atoms with van der Waals surface area (Å²) in [5.41, 5.74) is 4.57. The van der Waals surface area contributed by atoms with Gasteiger partial charge in [0, 0.05) is 17.3 Å². The summed E-state index contributed by atoms with van der Waals surface area (Å²) in [6.07, 6.45) is 4.96. The summed E-state index contributed by atoms with van der Waals surface area (Å²) in [5, 5.41) is 6.55. The van der Waals surface area contributed by atoms with Gasteiger partial charge in [0.1, 0.15) is 6.04 Å². The van der Waals surface area contributed by atoms with Gasteiger partial charge in [0.05, 0.1) is 0 Å². The van der Waals surface area contributed by atoms with Crippen LogP contribution in [0.25, 0.3) is 0 Å². The number of aryl methyl sites for hydroxylation is 1. The number of nitrogens with one attached hydrogen (secondary N) is 2. The molecule has 1 aromatic carbocycles. The SMILES string of the molecule is Cc1ccc2c(c1C)NC(=O)C2NC1CCCC1.